The Balaban J connectivity index is 0.00000129. The molecule has 5 fully saturated rings. The van der Waals surface area contributed by atoms with Gasteiger partial charge in [0.2, 0.25) is 0 Å². The van der Waals surface area contributed by atoms with Crippen LogP contribution in [-0.2, 0) is 38.2 Å². The first kappa shape index (κ1) is 101. The first-order chi connectivity index (χ1) is 47.5. The minimum Gasteiger partial charge on any atom is -0.444 e. The van der Waals surface area contributed by atoms with Gasteiger partial charge in [-0.25, -0.2) is 14.4 Å². The zero-order chi connectivity index (χ0) is 80.3. The van der Waals surface area contributed by atoms with Crippen LogP contribution in [0, 0.1) is 27.1 Å². The number of nitrogens with two attached hydrogens (primary N) is 1. The highest BCUT2D eigenvalue weighted by Gasteiger charge is 2.40. The van der Waals surface area contributed by atoms with Gasteiger partial charge in [-0.1, -0.05) is 55.9 Å². The number of Topliss-reactive ketones (excluding diaryl/α,β-unsaturated/α-hetero) is 5. The lowest BCUT2D eigenvalue weighted by molar-refractivity contribution is -0.124. The van der Waals surface area contributed by atoms with Crippen LogP contribution in [0.1, 0.15) is 317 Å². The van der Waals surface area contributed by atoms with E-state index in [1.807, 2.05) is 90.1 Å². The van der Waals surface area contributed by atoms with Crippen LogP contribution in [0.2, 0.25) is 0 Å². The van der Waals surface area contributed by atoms with Crippen molar-refractivity contribution in [3.63, 3.8) is 0 Å². The maximum absolute atomic E-state index is 12.7. The highest BCUT2D eigenvalue weighted by Crippen LogP contribution is 2.40. The predicted molar refractivity (Wildman–Crippen MR) is 433 cm³/mol. The number of rotatable bonds is 26. The van der Waals surface area contributed by atoms with Crippen LogP contribution in [0.15, 0.2) is 0 Å². The molecule has 5 atom stereocenters. The number of alkyl carbamates (subject to hydrolysis) is 3. The van der Waals surface area contributed by atoms with Gasteiger partial charge < -0.3 is 65.7 Å². The monoisotopic (exact) mass is 1490 g/mol. The molecule has 0 saturated carbocycles. The van der Waals surface area contributed by atoms with Gasteiger partial charge in [0.05, 0.1) is 30.2 Å². The molecule has 5 rings (SSSR count). The molecule has 0 aromatic rings. The summed E-state index contributed by atoms with van der Waals surface area (Å²) in [6.45, 7) is 69.7. The lowest BCUT2D eigenvalue weighted by Crippen LogP contribution is -2.47. The van der Waals surface area contributed by atoms with Gasteiger partial charge in [-0.2, -0.15) is 0 Å². The number of ketones is 5. The lowest BCUT2D eigenvalue weighted by atomic mass is 9.75. The Morgan fingerprint density at radius 2 is 0.543 bits per heavy atom. The smallest absolute Gasteiger partial charge is 0.408 e. The number of nitrogens with zero attached hydrogens (tertiary/aromatic N) is 5. The van der Waals surface area contributed by atoms with Crippen molar-refractivity contribution < 1.29 is 52.6 Å². The third-order valence-electron chi connectivity index (χ3n) is 22.4. The number of amides is 3. The average Bonchev–Trinajstić information content (AvgIpc) is 0.856. The van der Waals surface area contributed by atoms with E-state index in [4.69, 9.17) is 19.9 Å². The highest BCUT2D eigenvalue weighted by atomic mass is 16.6. The molecule has 0 aromatic carbocycles. The number of hydrogen-bond donors (Lipinski definition) is 5. The van der Waals surface area contributed by atoms with Crippen molar-refractivity contribution in [2.75, 3.05) is 72.5 Å². The summed E-state index contributed by atoms with van der Waals surface area (Å²) in [4.78, 5) is 109. The number of hydrogen-bond acceptors (Lipinski definition) is 18. The normalized spacial score (nSPS) is 20.7. The molecule has 616 valence electrons. The fourth-order valence-electron chi connectivity index (χ4n) is 14.0. The van der Waals surface area contributed by atoms with Crippen LogP contribution in [0.3, 0.4) is 0 Å². The van der Waals surface area contributed by atoms with Gasteiger partial charge in [0, 0.05) is 62.3 Å². The van der Waals surface area contributed by atoms with E-state index in [1.54, 1.807) is 13.8 Å². The van der Waals surface area contributed by atoms with Crippen LogP contribution in [0.5, 0.6) is 0 Å². The summed E-state index contributed by atoms with van der Waals surface area (Å²) in [5, 5.41) is 11.1. The third kappa shape index (κ3) is 40.4. The quantitative estimate of drug-likeness (QED) is 0.0505. The van der Waals surface area contributed by atoms with Gasteiger partial charge in [0.1, 0.15) is 28.4 Å². The first-order valence-electron chi connectivity index (χ1n) is 40.3. The van der Waals surface area contributed by atoms with Crippen LogP contribution < -0.4 is 27.0 Å². The number of piperidine rings is 5. The molecular formula is C84H164N10O11. The van der Waals surface area contributed by atoms with Crippen LogP contribution >= 0.6 is 0 Å². The summed E-state index contributed by atoms with van der Waals surface area (Å²) < 4.78 is 15.7. The maximum Gasteiger partial charge on any atom is 0.408 e. The summed E-state index contributed by atoms with van der Waals surface area (Å²) in [5.41, 5.74) is 4.64. The van der Waals surface area contributed by atoms with E-state index in [9.17, 15) is 38.4 Å². The van der Waals surface area contributed by atoms with Crippen molar-refractivity contribution in [2.24, 2.45) is 32.8 Å². The molecule has 6 N–H and O–H groups in total. The number of ether oxygens (including phenoxy) is 3. The van der Waals surface area contributed by atoms with Crippen LogP contribution in [0.4, 0.5) is 14.4 Å². The summed E-state index contributed by atoms with van der Waals surface area (Å²) >= 11 is 0. The van der Waals surface area contributed by atoms with Crippen molar-refractivity contribution in [1.29, 1.82) is 0 Å². The van der Waals surface area contributed by atoms with Crippen LogP contribution in [-0.4, -0.2) is 221 Å². The Morgan fingerprint density at radius 3 is 0.733 bits per heavy atom. The second kappa shape index (κ2) is 45.3. The molecular weight excluding hydrogens is 1320 g/mol. The predicted octanol–water partition coefficient (Wildman–Crippen LogP) is 15.4. The van der Waals surface area contributed by atoms with E-state index in [0.29, 0.717) is 68.1 Å². The fourth-order valence-corrected chi connectivity index (χ4v) is 14.0. The van der Waals surface area contributed by atoms with E-state index in [0.717, 1.165) is 142 Å². The maximum atomic E-state index is 12.7. The van der Waals surface area contributed by atoms with E-state index < -0.39 is 53.2 Å². The molecule has 5 aliphatic rings. The highest BCUT2D eigenvalue weighted by molar-refractivity contribution is 5.89. The number of likely N-dealkylation sites (N-methyl/N-ethyl adjacent to an activating group) is 1. The van der Waals surface area contributed by atoms with Crippen molar-refractivity contribution in [1.82, 2.24) is 45.8 Å². The number of carbonyl (C=O) groups excluding carboxylic acids is 8. The zero-order valence-electron chi connectivity index (χ0n) is 72.2. The number of likely N-dealkylation sites (tertiary alicyclic amines) is 5. The van der Waals surface area contributed by atoms with Gasteiger partial charge in [-0.15, -0.1) is 0 Å². The van der Waals surface area contributed by atoms with Crippen molar-refractivity contribution in [2.45, 2.75) is 395 Å². The van der Waals surface area contributed by atoms with Crippen molar-refractivity contribution >= 4 is 47.2 Å². The molecule has 0 aromatic heterocycles. The lowest BCUT2D eigenvalue weighted by Gasteiger charge is -2.41. The minimum atomic E-state index is -0.554. The Labute approximate surface area is 642 Å². The van der Waals surface area contributed by atoms with Crippen LogP contribution in [0.25, 0.3) is 0 Å². The molecule has 5 saturated heterocycles. The molecule has 105 heavy (non-hydrogen) atoms. The fraction of sp³-hybridized carbons (Fsp3) is 0.905. The topological polar surface area (TPSA) is 255 Å². The largest absolute Gasteiger partial charge is 0.444 e. The van der Waals surface area contributed by atoms with E-state index in [1.165, 1.54) is 0 Å². The second-order valence-corrected chi connectivity index (χ2v) is 37.8. The zero-order valence-corrected chi connectivity index (χ0v) is 72.2. The molecule has 0 bridgehead atoms. The molecule has 21 heteroatoms. The van der Waals surface area contributed by atoms with Gasteiger partial charge in [0.25, 0.3) is 0 Å². The molecule has 3 amide bonds. The molecule has 0 aliphatic carbocycles. The van der Waals surface area contributed by atoms with Crippen molar-refractivity contribution in [3.8, 4) is 0 Å². The van der Waals surface area contributed by atoms with Gasteiger partial charge in [-0.05, 0) is 329 Å². The standard InChI is InChI=1S/C19H36N2O3.2C18H34N2O3.2C14H28N2O.CH4/c1-8-15(20-17(23)24-18(4,5)6)16(22)13-19(7)9-11-21(12-10-19)14(2)3;2*1-13(2)20-10-8-18(7,9-11-20)12-15(21)14(3)19-16(22)23-17(4,5)6;1-11(2)16-8-6-14(4,7-9-16)10-13(17)12(3)15-5;1-5-12(15)13(17)10-14(4)6-8-16(9-7-14)11(2)3;/h14-15H,8-13H2,1-7H3,(H,20,23);2*13-14H,8-12H2,1-7H3,(H,19,22);11-12,15H,6-10H2,1-5H3;11-12H,5-10,15H2,1-4H3;1H4. The first-order valence-corrected chi connectivity index (χ1v) is 40.3. The SMILES string of the molecule is C.CC(NC(=O)OC(C)(C)C)C(=O)CC1(C)CCN(C(C)C)CC1.CC(NC(=O)OC(C)(C)C)C(=O)CC1(C)CCN(C(C)C)CC1.CCC(N)C(=O)CC1(C)CCN(C(C)C)CC1.CCC(NC(=O)OC(C)(C)C)C(=O)CC1(C)CCN(C(C)C)CC1.CNC(C)C(=O)CC1(C)CCN(C(C)C)CC1. The van der Waals surface area contributed by atoms with Gasteiger partial charge in [0.15, 0.2) is 17.3 Å². The minimum absolute atomic E-state index is 0. The summed E-state index contributed by atoms with van der Waals surface area (Å²) in [6, 6.07) is 1.19. The molecule has 0 radical (unpaired) electrons. The van der Waals surface area contributed by atoms with Crippen molar-refractivity contribution in [3.05, 3.63) is 0 Å². The molecule has 0 spiro atoms. The molecule has 5 heterocycles. The molecule has 21 nitrogen and oxygen atoms in total. The van der Waals surface area contributed by atoms with E-state index >= 15 is 0 Å². The second-order valence-electron chi connectivity index (χ2n) is 37.8. The Morgan fingerprint density at radius 1 is 0.343 bits per heavy atom. The van der Waals surface area contributed by atoms with Gasteiger partial charge in [-0.3, -0.25) is 24.0 Å². The Bertz CT molecular complexity index is 2450. The third-order valence-corrected chi connectivity index (χ3v) is 22.4. The van der Waals surface area contributed by atoms with E-state index in [2.05, 4.69) is 150 Å². The Hall–Kier alpha value is -4.12. The number of carbonyl (C=O) groups is 8. The number of nitrogens with one attached hydrogen (secondary N) is 4. The van der Waals surface area contributed by atoms with E-state index in [-0.39, 0.29) is 69.7 Å². The molecule has 5 unspecified atom stereocenters. The average molecular weight is 1490 g/mol. The molecule has 5 aliphatic heterocycles. The summed E-state index contributed by atoms with van der Waals surface area (Å²) in [5.74, 6) is 0.873. The summed E-state index contributed by atoms with van der Waals surface area (Å²) in [7, 11) is 1.85. The summed E-state index contributed by atoms with van der Waals surface area (Å²) in [6.07, 6.45) is 13.4. The Kier molecular flexibility index (Phi) is 43.5. The van der Waals surface area contributed by atoms with Gasteiger partial charge >= 0.3 is 18.3 Å².